The molecule has 0 bridgehead atoms. The molecule has 9 atom stereocenters. The van der Waals surface area contributed by atoms with Gasteiger partial charge in [0.1, 0.15) is 11.9 Å². The van der Waals surface area contributed by atoms with Crippen LogP contribution in [0.5, 0.6) is 0 Å². The summed E-state index contributed by atoms with van der Waals surface area (Å²) in [5, 5.41) is -0.00885. The van der Waals surface area contributed by atoms with Crippen LogP contribution in [0.3, 0.4) is 0 Å². The summed E-state index contributed by atoms with van der Waals surface area (Å²) >= 11 is 0. The minimum Gasteiger partial charge on any atom is -0.492 e. The Bertz CT molecular complexity index is 1660. The van der Waals surface area contributed by atoms with Gasteiger partial charge in [-0.2, -0.15) is 0 Å². The van der Waals surface area contributed by atoms with Gasteiger partial charge in [0.15, 0.2) is 26.5 Å². The Hall–Kier alpha value is -1.91. The Morgan fingerprint density at radius 1 is 0.965 bits per heavy atom. The third-order valence-electron chi connectivity index (χ3n) is 13.4. The van der Waals surface area contributed by atoms with Gasteiger partial charge in [0.25, 0.3) is 0 Å². The zero-order valence-electron chi connectivity index (χ0n) is 37.1. The van der Waals surface area contributed by atoms with Crippen LogP contribution in [0.15, 0.2) is 71.9 Å². The highest BCUT2D eigenvalue weighted by Crippen LogP contribution is 2.47. The van der Waals surface area contributed by atoms with E-state index in [-0.39, 0.29) is 39.0 Å². The first-order valence-electron chi connectivity index (χ1n) is 20.9. The zero-order valence-corrected chi connectivity index (χ0v) is 39.9. The van der Waals surface area contributed by atoms with Crippen LogP contribution in [-0.4, -0.2) is 93.0 Å². The second-order valence-electron chi connectivity index (χ2n) is 20.1. The highest BCUT2D eigenvalue weighted by Gasteiger charge is 2.53. The van der Waals surface area contributed by atoms with Gasteiger partial charge in [0.2, 0.25) is 0 Å². The summed E-state index contributed by atoms with van der Waals surface area (Å²) in [5.74, 6) is 0.411. The fourth-order valence-corrected chi connectivity index (χ4v) is 12.3. The first kappa shape index (κ1) is 47.8. The van der Waals surface area contributed by atoms with Crippen LogP contribution in [0.1, 0.15) is 93.4 Å². The summed E-state index contributed by atoms with van der Waals surface area (Å²) in [6, 6.07) is 8.65. The summed E-state index contributed by atoms with van der Waals surface area (Å²) in [4.78, 5) is 11.3. The number of sulfone groups is 1. The molecule has 0 N–H and O–H groups in total. The molecule has 0 saturated carbocycles. The molecule has 1 aromatic carbocycles. The number of aldehydes is 1. The van der Waals surface area contributed by atoms with Gasteiger partial charge in [-0.25, -0.2) is 8.42 Å². The van der Waals surface area contributed by atoms with E-state index in [1.54, 1.807) is 37.5 Å². The Morgan fingerprint density at radius 2 is 1.61 bits per heavy atom. The van der Waals surface area contributed by atoms with Crippen LogP contribution in [0.2, 0.25) is 36.3 Å². The van der Waals surface area contributed by atoms with E-state index in [9.17, 15) is 13.2 Å². The first-order chi connectivity index (χ1) is 26.3. The third kappa shape index (κ3) is 12.3. The van der Waals surface area contributed by atoms with Crippen molar-refractivity contribution in [2.45, 2.75) is 177 Å². The van der Waals surface area contributed by atoms with Gasteiger partial charge in [-0.05, 0) is 85.2 Å². The van der Waals surface area contributed by atoms with E-state index in [0.717, 1.165) is 30.5 Å². The molecule has 0 aliphatic carbocycles. The molecule has 3 saturated heterocycles. The number of rotatable bonds is 18. The number of carbonyl (C=O) groups is 1. The minimum absolute atomic E-state index is 0.0217. The molecule has 2 unspecified atom stereocenters. The maximum absolute atomic E-state index is 14.2. The molecule has 3 fully saturated rings. The maximum Gasteiger partial charge on any atom is 0.192 e. The third-order valence-corrected chi connectivity index (χ3v) is 24.2. The van der Waals surface area contributed by atoms with Crippen molar-refractivity contribution in [2.24, 2.45) is 11.8 Å². The summed E-state index contributed by atoms with van der Waals surface area (Å²) in [5.41, 5.74) is 0.314. The fraction of sp³-hybridized carbons (Fsp3) is 0.711. The number of hydrogen-bond acceptors (Lipinski definition) is 9. The van der Waals surface area contributed by atoms with Crippen molar-refractivity contribution >= 4 is 32.8 Å². The molecule has 0 amide bonds. The topological polar surface area (TPSA) is 107 Å². The second kappa shape index (κ2) is 18.8. The average molecular weight is 847 g/mol. The van der Waals surface area contributed by atoms with Gasteiger partial charge in [0.05, 0.1) is 59.6 Å². The van der Waals surface area contributed by atoms with Crippen molar-refractivity contribution in [1.82, 2.24) is 0 Å². The molecule has 0 radical (unpaired) electrons. The van der Waals surface area contributed by atoms with Gasteiger partial charge in [-0.3, -0.25) is 4.79 Å². The van der Waals surface area contributed by atoms with E-state index in [2.05, 4.69) is 87.8 Å². The van der Waals surface area contributed by atoms with Crippen LogP contribution < -0.4 is 0 Å². The zero-order chi connectivity index (χ0) is 42.6. The Morgan fingerprint density at radius 3 is 2.19 bits per heavy atom. The van der Waals surface area contributed by atoms with Crippen molar-refractivity contribution in [1.29, 1.82) is 0 Å². The summed E-state index contributed by atoms with van der Waals surface area (Å²) in [6.45, 7) is 33.7. The standard InChI is InChI=1S/C45H74O9SSi2/c1-32-25-34(3)53-45(28-32,23-22-39-33(2)26-35(51-39)19-18-24-46)29-41-38(31-55(47,48)37-20-16-15-17-21-37)42(49-10)40(52-41)27-36(54-57(13,14)44(7,8)9)30-50-56(11,12)43(4,5)6/h15-21,24,32,35-36,38-42H,2-3,22-23,25-31H2,1,4-14H3/b19-18+/t32?,35-,36-,38-,39-,40+,41-,42+,45?/m0/s1. The molecule has 3 aliphatic heterocycles. The molecular weight excluding hydrogens is 773 g/mol. The minimum atomic E-state index is -3.72. The average Bonchev–Trinajstić information content (AvgIpc) is 3.61. The molecule has 3 aliphatic rings. The number of hydrogen-bond donors (Lipinski definition) is 0. The van der Waals surface area contributed by atoms with E-state index >= 15 is 0 Å². The lowest BCUT2D eigenvalue weighted by Gasteiger charge is -2.44. The van der Waals surface area contributed by atoms with E-state index in [0.29, 0.717) is 44.6 Å². The van der Waals surface area contributed by atoms with E-state index in [1.165, 1.54) is 6.08 Å². The summed E-state index contributed by atoms with van der Waals surface area (Å²) in [7, 11) is -6.45. The normalized spacial score (nSPS) is 29.9. The number of ether oxygens (including phenoxy) is 4. The highest BCUT2D eigenvalue weighted by atomic mass is 32.2. The van der Waals surface area contributed by atoms with Crippen LogP contribution in [0.25, 0.3) is 0 Å². The van der Waals surface area contributed by atoms with Gasteiger partial charge in [-0.1, -0.05) is 85.9 Å². The first-order valence-corrected chi connectivity index (χ1v) is 28.4. The number of carbonyl (C=O) groups excluding carboxylic acids is 1. The quantitative estimate of drug-likeness (QED) is 0.0618. The number of benzene rings is 1. The van der Waals surface area contributed by atoms with Gasteiger partial charge in [-0.15, -0.1) is 0 Å². The predicted molar refractivity (Wildman–Crippen MR) is 234 cm³/mol. The van der Waals surface area contributed by atoms with Crippen LogP contribution in [0.4, 0.5) is 0 Å². The van der Waals surface area contributed by atoms with E-state index in [1.807, 2.05) is 6.07 Å². The van der Waals surface area contributed by atoms with Crippen LogP contribution in [0, 0.1) is 11.8 Å². The smallest absolute Gasteiger partial charge is 0.192 e. The second-order valence-corrected chi connectivity index (χ2v) is 31.7. The molecular formula is C45H74O9SSi2. The molecule has 0 spiro atoms. The van der Waals surface area contributed by atoms with Crippen LogP contribution >= 0.6 is 0 Å². The molecule has 9 nitrogen and oxygen atoms in total. The van der Waals surface area contributed by atoms with Crippen molar-refractivity contribution in [3.05, 3.63) is 67.0 Å². The maximum atomic E-state index is 14.2. The van der Waals surface area contributed by atoms with Crippen molar-refractivity contribution in [2.75, 3.05) is 19.5 Å². The Kier molecular flexibility index (Phi) is 15.7. The lowest BCUT2D eigenvalue weighted by molar-refractivity contribution is -0.106. The van der Waals surface area contributed by atoms with Crippen LogP contribution in [-0.2, 0) is 42.4 Å². The molecule has 12 heteroatoms. The number of methoxy groups -OCH3 is 1. The highest BCUT2D eigenvalue weighted by molar-refractivity contribution is 7.91. The van der Waals surface area contributed by atoms with Gasteiger partial charge >= 0.3 is 0 Å². The largest absolute Gasteiger partial charge is 0.492 e. The van der Waals surface area contributed by atoms with Crippen molar-refractivity contribution < 1.29 is 41.0 Å². The molecule has 322 valence electrons. The lowest BCUT2D eigenvalue weighted by Crippen LogP contribution is -2.49. The SMILES string of the molecule is C=C1CC(C)CC(CC[C@@H]2O[C@@H](/C=C/C=O)CC2=C)(C[C@@H]2O[C@H](C[C@@H](CO[Si](C)(C)C(C)(C)C)O[Si](C)(C)C(C)(C)C)[C@H](OC)[C@H]2CS(=O)(=O)c2ccccc2)O1. The van der Waals surface area contributed by atoms with Gasteiger partial charge in [0, 0.05) is 38.7 Å². The fourth-order valence-electron chi connectivity index (χ4n) is 8.23. The summed E-state index contributed by atoms with van der Waals surface area (Å²) < 4.78 is 69.0. The Balaban J connectivity index is 1.71. The molecule has 3 heterocycles. The molecule has 57 heavy (non-hydrogen) atoms. The predicted octanol–water partition coefficient (Wildman–Crippen LogP) is 10.00. The molecule has 4 rings (SSSR count). The van der Waals surface area contributed by atoms with E-state index < -0.39 is 56.3 Å². The molecule has 1 aromatic rings. The van der Waals surface area contributed by atoms with Gasteiger partial charge < -0.3 is 27.8 Å². The monoisotopic (exact) mass is 846 g/mol. The van der Waals surface area contributed by atoms with Crippen molar-refractivity contribution in [3.8, 4) is 0 Å². The molecule has 0 aromatic heterocycles. The van der Waals surface area contributed by atoms with E-state index in [4.69, 9.17) is 27.8 Å². The number of allylic oxidation sites excluding steroid dienone is 2. The summed E-state index contributed by atoms with van der Waals surface area (Å²) in [6.07, 6.45) is 6.34. The Labute approximate surface area is 347 Å². The van der Waals surface area contributed by atoms with Crippen molar-refractivity contribution in [3.63, 3.8) is 0 Å². The lowest BCUT2D eigenvalue weighted by atomic mass is 9.76.